The third-order valence-electron chi connectivity index (χ3n) is 6.36. The molecule has 0 bridgehead atoms. The molecule has 0 aliphatic carbocycles. The number of nitrogens with one attached hydrogen (secondary N) is 2. The predicted molar refractivity (Wildman–Crippen MR) is 131 cm³/mol. The number of hydrogen-bond donors (Lipinski definition) is 2. The zero-order valence-corrected chi connectivity index (χ0v) is 20.3. The average Bonchev–Trinajstić information content (AvgIpc) is 3.32. The monoisotopic (exact) mass is 528 g/mol. The minimum absolute atomic E-state index is 0.142. The van der Waals surface area contributed by atoms with Gasteiger partial charge in [0.15, 0.2) is 0 Å². The molecule has 2 aromatic heterocycles. The van der Waals surface area contributed by atoms with Gasteiger partial charge in [-0.2, -0.15) is 18.3 Å². The molecule has 198 valence electrons. The molecule has 0 saturated carbocycles. The third kappa shape index (κ3) is 5.59. The molecule has 1 fully saturated rings. The van der Waals surface area contributed by atoms with Crippen molar-refractivity contribution in [3.05, 3.63) is 83.1 Å². The molecule has 12 heteroatoms. The highest BCUT2D eigenvalue weighted by molar-refractivity contribution is 5.98. The second-order valence-corrected chi connectivity index (χ2v) is 9.09. The van der Waals surface area contributed by atoms with Crippen LogP contribution in [0.4, 0.5) is 23.5 Å². The summed E-state index contributed by atoms with van der Waals surface area (Å²) in [4.78, 5) is 22.2. The van der Waals surface area contributed by atoms with Gasteiger partial charge in [-0.05, 0) is 42.7 Å². The van der Waals surface area contributed by atoms with Crippen molar-refractivity contribution in [3.8, 4) is 0 Å². The average molecular weight is 529 g/mol. The molecule has 0 unspecified atom stereocenters. The van der Waals surface area contributed by atoms with Crippen molar-refractivity contribution in [2.45, 2.75) is 31.1 Å². The van der Waals surface area contributed by atoms with Crippen molar-refractivity contribution in [2.75, 3.05) is 18.5 Å². The highest BCUT2D eigenvalue weighted by Crippen LogP contribution is 2.33. The normalized spacial score (nSPS) is 15.4. The Hall–Kier alpha value is -4.06. The van der Waals surface area contributed by atoms with Crippen LogP contribution in [0.2, 0.25) is 0 Å². The molecule has 8 nitrogen and oxygen atoms in total. The van der Waals surface area contributed by atoms with Crippen molar-refractivity contribution < 1.29 is 27.1 Å². The number of ether oxygens (including phenoxy) is 1. The zero-order chi connectivity index (χ0) is 26.9. The zero-order valence-electron chi connectivity index (χ0n) is 20.3. The van der Waals surface area contributed by atoms with Gasteiger partial charge in [0.1, 0.15) is 5.82 Å². The van der Waals surface area contributed by atoms with Gasteiger partial charge in [0.2, 0.25) is 5.95 Å². The lowest BCUT2D eigenvalue weighted by atomic mass is 9.99. The van der Waals surface area contributed by atoms with E-state index in [1.165, 1.54) is 10.9 Å². The lowest BCUT2D eigenvalue weighted by molar-refractivity contribution is -0.140. The number of fused-ring (bicyclic) bond motifs is 1. The lowest BCUT2D eigenvalue weighted by Gasteiger charge is -2.23. The summed E-state index contributed by atoms with van der Waals surface area (Å²) < 4.78 is 60.5. The van der Waals surface area contributed by atoms with E-state index in [2.05, 4.69) is 25.7 Å². The number of benzene rings is 2. The largest absolute Gasteiger partial charge is 0.419 e. The molecule has 1 saturated heterocycles. The molecule has 5 rings (SSSR count). The summed E-state index contributed by atoms with van der Waals surface area (Å²) >= 11 is 0. The number of rotatable bonds is 6. The number of carbonyl (C=O) groups is 1. The van der Waals surface area contributed by atoms with E-state index in [-0.39, 0.29) is 17.2 Å². The number of alkyl halides is 3. The Morgan fingerprint density at radius 3 is 2.58 bits per heavy atom. The van der Waals surface area contributed by atoms with E-state index in [9.17, 15) is 22.4 Å². The van der Waals surface area contributed by atoms with Gasteiger partial charge in [-0.1, -0.05) is 12.1 Å². The fraction of sp³-hybridized carbons (Fsp3) is 0.308. The maximum Gasteiger partial charge on any atom is 0.419 e. The minimum atomic E-state index is -4.83. The highest BCUT2D eigenvalue weighted by atomic mass is 19.4. The molecule has 4 aromatic rings. The molecule has 2 N–H and O–H groups in total. The van der Waals surface area contributed by atoms with Crippen molar-refractivity contribution in [3.63, 3.8) is 0 Å². The summed E-state index contributed by atoms with van der Waals surface area (Å²) in [5.41, 5.74) is 0.0566. The minimum Gasteiger partial charge on any atom is -0.381 e. The SMILES string of the molecule is Cn1cc([C@@H](NC(=O)c2ccc3cnc(NC4CCOCC4)nc3c2)c2ccc(C(F)(F)F)c(F)c2)cn1. The van der Waals surface area contributed by atoms with Crippen LogP contribution in [0.1, 0.15) is 45.9 Å². The molecule has 3 heterocycles. The van der Waals surface area contributed by atoms with Crippen LogP contribution in [0, 0.1) is 5.82 Å². The van der Waals surface area contributed by atoms with Gasteiger partial charge in [-0.25, -0.2) is 14.4 Å². The Bertz CT molecular complexity index is 1470. The number of halogens is 4. The number of nitrogens with zero attached hydrogens (tertiary/aromatic N) is 4. The van der Waals surface area contributed by atoms with E-state index >= 15 is 0 Å². The Kier molecular flexibility index (Phi) is 6.98. The molecule has 0 radical (unpaired) electrons. The topological polar surface area (TPSA) is 94.0 Å². The fourth-order valence-corrected chi connectivity index (χ4v) is 4.36. The Morgan fingerprint density at radius 1 is 1.11 bits per heavy atom. The molecule has 2 aromatic carbocycles. The maximum absolute atomic E-state index is 14.4. The van der Waals surface area contributed by atoms with Gasteiger partial charge in [0, 0.05) is 55.2 Å². The van der Waals surface area contributed by atoms with Crippen LogP contribution in [0.3, 0.4) is 0 Å². The number of aromatic nitrogens is 4. The number of aryl methyl sites for hydroxylation is 1. The van der Waals surface area contributed by atoms with Crippen molar-refractivity contribution >= 4 is 22.8 Å². The molecule has 0 spiro atoms. The quantitative estimate of drug-likeness (QED) is 0.355. The summed E-state index contributed by atoms with van der Waals surface area (Å²) in [6, 6.07) is 6.75. The lowest BCUT2D eigenvalue weighted by Crippen LogP contribution is -2.29. The van der Waals surface area contributed by atoms with Crippen LogP contribution in [-0.2, 0) is 18.0 Å². The van der Waals surface area contributed by atoms with Gasteiger partial charge in [0.25, 0.3) is 5.91 Å². The van der Waals surface area contributed by atoms with Crippen LogP contribution < -0.4 is 10.6 Å². The van der Waals surface area contributed by atoms with Crippen LogP contribution in [-0.4, -0.2) is 44.9 Å². The van der Waals surface area contributed by atoms with Crippen molar-refractivity contribution in [1.82, 2.24) is 25.1 Å². The summed E-state index contributed by atoms with van der Waals surface area (Å²) in [6.07, 6.45) is 1.56. The first-order valence-corrected chi connectivity index (χ1v) is 11.9. The second-order valence-electron chi connectivity index (χ2n) is 9.09. The second kappa shape index (κ2) is 10.4. The first kappa shape index (κ1) is 25.6. The van der Waals surface area contributed by atoms with E-state index in [4.69, 9.17) is 4.74 Å². The van der Waals surface area contributed by atoms with Gasteiger partial charge in [0.05, 0.1) is 23.3 Å². The fourth-order valence-electron chi connectivity index (χ4n) is 4.36. The molecule has 1 atom stereocenters. The van der Waals surface area contributed by atoms with E-state index in [0.717, 1.165) is 30.4 Å². The third-order valence-corrected chi connectivity index (χ3v) is 6.36. The molecular formula is C26H24F4N6O2. The highest BCUT2D eigenvalue weighted by Gasteiger charge is 2.34. The first-order chi connectivity index (χ1) is 18.2. The van der Waals surface area contributed by atoms with Gasteiger partial charge >= 0.3 is 6.18 Å². The maximum atomic E-state index is 14.4. The van der Waals surface area contributed by atoms with Crippen LogP contribution in [0.15, 0.2) is 55.0 Å². The number of carbonyl (C=O) groups excluding carboxylic acids is 1. The summed E-state index contributed by atoms with van der Waals surface area (Å²) in [5, 5.41) is 10.9. The van der Waals surface area contributed by atoms with E-state index in [1.54, 1.807) is 37.6 Å². The van der Waals surface area contributed by atoms with E-state index in [1.807, 2.05) is 0 Å². The standard InChI is InChI=1S/C26H24F4N6O2/c1-36-14-18(13-32-36)23(15-4-5-20(21(27)10-15)26(28,29)30)35-24(37)16-2-3-17-12-31-25(34-22(17)11-16)33-19-6-8-38-9-7-19/h2-5,10-14,19,23H,6-9H2,1H3,(H,35,37)(H,31,33,34)/t23-/m0/s1. The Morgan fingerprint density at radius 2 is 1.89 bits per heavy atom. The number of amides is 1. The van der Waals surface area contributed by atoms with Crippen molar-refractivity contribution in [2.24, 2.45) is 7.05 Å². The van der Waals surface area contributed by atoms with Gasteiger partial charge < -0.3 is 15.4 Å². The van der Waals surface area contributed by atoms with E-state index < -0.39 is 29.5 Å². The first-order valence-electron chi connectivity index (χ1n) is 11.9. The Labute approximate surface area is 215 Å². The number of hydrogen-bond acceptors (Lipinski definition) is 6. The molecule has 1 amide bonds. The summed E-state index contributed by atoms with van der Waals surface area (Å²) in [6.45, 7) is 1.33. The van der Waals surface area contributed by atoms with Crippen LogP contribution in [0.5, 0.6) is 0 Å². The number of anilines is 1. The smallest absolute Gasteiger partial charge is 0.381 e. The molecule has 1 aliphatic rings. The summed E-state index contributed by atoms with van der Waals surface area (Å²) in [7, 11) is 1.66. The molecular weight excluding hydrogens is 504 g/mol. The van der Waals surface area contributed by atoms with Crippen molar-refractivity contribution in [1.29, 1.82) is 0 Å². The van der Waals surface area contributed by atoms with Gasteiger partial charge in [-0.3, -0.25) is 9.48 Å². The molecule has 38 heavy (non-hydrogen) atoms. The molecule has 1 aliphatic heterocycles. The van der Waals surface area contributed by atoms with Crippen LogP contribution in [0.25, 0.3) is 10.9 Å². The predicted octanol–water partition coefficient (Wildman–Crippen LogP) is 4.63. The van der Waals surface area contributed by atoms with Crippen LogP contribution >= 0.6 is 0 Å². The van der Waals surface area contributed by atoms with E-state index in [0.29, 0.717) is 36.3 Å². The Balaban J connectivity index is 1.42. The van der Waals surface area contributed by atoms with Gasteiger partial charge in [-0.15, -0.1) is 0 Å². The summed E-state index contributed by atoms with van der Waals surface area (Å²) in [5.74, 6) is -1.50.